The number of benzene rings is 2. The maximum atomic E-state index is 13.3. The first-order valence-corrected chi connectivity index (χ1v) is 10.3. The van der Waals surface area contributed by atoms with Gasteiger partial charge in [-0.3, -0.25) is 4.79 Å². The molecule has 2 nitrogen and oxygen atoms in total. The number of hydrogen-bond acceptors (Lipinski definition) is 3. The van der Waals surface area contributed by atoms with E-state index >= 15 is 0 Å². The third-order valence-electron chi connectivity index (χ3n) is 6.19. The topological polar surface area (TPSA) is 26.3 Å². The van der Waals surface area contributed by atoms with Crippen molar-refractivity contribution < 1.29 is 9.53 Å². The molecule has 3 aliphatic rings. The Balaban J connectivity index is 1.71. The molecule has 1 aliphatic carbocycles. The molecule has 2 aromatic carbocycles. The minimum absolute atomic E-state index is 0.0524. The fourth-order valence-corrected chi connectivity index (χ4v) is 7.20. The van der Waals surface area contributed by atoms with Gasteiger partial charge in [0.1, 0.15) is 4.75 Å². The smallest absolute Gasteiger partial charge is 0.328 e. The Hall–Kier alpha value is -2.00. The van der Waals surface area contributed by atoms with E-state index < -0.39 is 9.68 Å². The number of hydrogen-bond donors (Lipinski definition) is 0. The molecule has 4 atom stereocenters. The Labute approximate surface area is 158 Å². The molecular formula is C23H22O2S. The van der Waals surface area contributed by atoms with Crippen LogP contribution in [0.15, 0.2) is 72.8 Å². The van der Waals surface area contributed by atoms with Crippen LogP contribution in [-0.4, -0.2) is 5.97 Å². The summed E-state index contributed by atoms with van der Waals surface area (Å²) in [6.07, 6.45) is 8.76. The van der Waals surface area contributed by atoms with Crippen molar-refractivity contribution in [3.05, 3.63) is 83.9 Å². The summed E-state index contributed by atoms with van der Waals surface area (Å²) in [4.78, 5) is 12.8. The molecular weight excluding hydrogens is 340 g/mol. The summed E-state index contributed by atoms with van der Waals surface area (Å²) in [6, 6.07) is 20.7. The average Bonchev–Trinajstić information content (AvgIpc) is 3.11. The van der Waals surface area contributed by atoms with Crippen molar-refractivity contribution in [3.63, 3.8) is 0 Å². The van der Waals surface area contributed by atoms with Crippen LogP contribution in [-0.2, 0) is 19.2 Å². The van der Waals surface area contributed by atoms with E-state index in [1.165, 1.54) is 0 Å². The molecule has 0 aromatic heterocycles. The predicted octanol–water partition coefficient (Wildman–Crippen LogP) is 5.40. The Morgan fingerprint density at radius 2 is 1.38 bits per heavy atom. The number of ether oxygens (including phenoxy) is 1. The van der Waals surface area contributed by atoms with Crippen LogP contribution in [0.2, 0.25) is 0 Å². The first-order chi connectivity index (χ1) is 12.8. The molecule has 0 saturated carbocycles. The molecule has 3 heteroatoms. The summed E-state index contributed by atoms with van der Waals surface area (Å²) >= 11 is 1.77. The summed E-state index contributed by atoms with van der Waals surface area (Å²) in [5, 5.41) is 0. The number of fused-ring (bicyclic) bond motifs is 5. The second-order valence-corrected chi connectivity index (χ2v) is 8.92. The van der Waals surface area contributed by atoms with Crippen molar-refractivity contribution >= 4 is 17.7 Å². The fourth-order valence-electron chi connectivity index (χ4n) is 5.10. The number of carbonyl (C=O) groups excluding carboxylic acids is 1. The molecule has 132 valence electrons. The first-order valence-electron chi connectivity index (χ1n) is 9.47. The molecule has 2 aromatic rings. The van der Waals surface area contributed by atoms with Gasteiger partial charge in [-0.1, -0.05) is 84.6 Å². The summed E-state index contributed by atoms with van der Waals surface area (Å²) in [6.45, 7) is 0. The highest BCUT2D eigenvalue weighted by Crippen LogP contribution is 2.73. The first kappa shape index (κ1) is 16.2. The van der Waals surface area contributed by atoms with Crippen molar-refractivity contribution in [3.8, 4) is 0 Å². The highest BCUT2D eigenvalue weighted by Gasteiger charge is 2.73. The molecule has 0 amide bonds. The van der Waals surface area contributed by atoms with Crippen molar-refractivity contribution in [2.24, 2.45) is 11.8 Å². The van der Waals surface area contributed by atoms with Crippen molar-refractivity contribution in [1.82, 2.24) is 0 Å². The van der Waals surface area contributed by atoms with Crippen molar-refractivity contribution in [2.75, 3.05) is 0 Å². The second kappa shape index (κ2) is 6.02. The largest absolute Gasteiger partial charge is 0.442 e. The number of rotatable bonds is 2. The van der Waals surface area contributed by atoms with Gasteiger partial charge in [-0.25, -0.2) is 0 Å². The SMILES string of the molecule is O=C1OC2(c3ccccc3)SC1(c1ccccc1)C1CC/C=C\CCC12. The van der Waals surface area contributed by atoms with Crippen LogP contribution in [0.5, 0.6) is 0 Å². The Morgan fingerprint density at radius 1 is 0.808 bits per heavy atom. The van der Waals surface area contributed by atoms with Crippen molar-refractivity contribution in [2.45, 2.75) is 35.4 Å². The van der Waals surface area contributed by atoms with Crippen LogP contribution < -0.4 is 0 Å². The number of esters is 1. The van der Waals surface area contributed by atoms with Gasteiger partial charge in [0.2, 0.25) is 0 Å². The zero-order valence-corrected chi connectivity index (χ0v) is 15.5. The van der Waals surface area contributed by atoms with Crippen LogP contribution >= 0.6 is 11.8 Å². The van der Waals surface area contributed by atoms with E-state index in [1.54, 1.807) is 11.8 Å². The lowest BCUT2D eigenvalue weighted by molar-refractivity contribution is -0.169. The average molecular weight is 362 g/mol. The van der Waals surface area contributed by atoms with E-state index in [1.807, 2.05) is 24.3 Å². The minimum atomic E-state index is -0.576. The van der Waals surface area contributed by atoms with E-state index in [2.05, 4.69) is 48.6 Å². The van der Waals surface area contributed by atoms with E-state index in [0.717, 1.165) is 36.8 Å². The number of thioether (sulfide) groups is 1. The van der Waals surface area contributed by atoms with Gasteiger partial charge in [-0.05, 0) is 37.2 Å². The van der Waals surface area contributed by atoms with Gasteiger partial charge in [0.15, 0.2) is 4.93 Å². The van der Waals surface area contributed by atoms with Crippen LogP contribution in [0.4, 0.5) is 0 Å². The monoisotopic (exact) mass is 362 g/mol. The Morgan fingerprint density at radius 3 is 2.04 bits per heavy atom. The maximum Gasteiger partial charge on any atom is 0.328 e. The quantitative estimate of drug-likeness (QED) is 0.528. The predicted molar refractivity (Wildman–Crippen MR) is 105 cm³/mol. The van der Waals surface area contributed by atoms with Crippen LogP contribution in [0, 0.1) is 11.8 Å². The molecule has 2 bridgehead atoms. The molecule has 0 N–H and O–H groups in total. The molecule has 5 rings (SSSR count). The van der Waals surface area contributed by atoms with Gasteiger partial charge >= 0.3 is 5.97 Å². The molecule has 0 radical (unpaired) electrons. The second-order valence-electron chi connectivity index (χ2n) is 7.47. The molecule has 4 unspecified atom stereocenters. The molecule has 2 aliphatic heterocycles. The third-order valence-corrected chi connectivity index (χ3v) is 8.14. The maximum absolute atomic E-state index is 13.3. The lowest BCUT2D eigenvalue weighted by Gasteiger charge is -2.41. The van der Waals surface area contributed by atoms with E-state index in [9.17, 15) is 4.79 Å². The molecule has 0 spiro atoms. The van der Waals surface area contributed by atoms with Crippen LogP contribution in [0.25, 0.3) is 0 Å². The van der Waals surface area contributed by atoms with Gasteiger partial charge in [-0.15, -0.1) is 0 Å². The normalized spacial score (nSPS) is 36.7. The highest BCUT2D eigenvalue weighted by molar-refractivity contribution is 8.02. The van der Waals surface area contributed by atoms with E-state index in [-0.39, 0.29) is 5.97 Å². The van der Waals surface area contributed by atoms with Crippen LogP contribution in [0.3, 0.4) is 0 Å². The summed E-state index contributed by atoms with van der Waals surface area (Å²) in [5.41, 5.74) is 2.23. The van der Waals surface area contributed by atoms with Crippen molar-refractivity contribution in [1.29, 1.82) is 0 Å². The van der Waals surface area contributed by atoms with E-state index in [4.69, 9.17) is 4.74 Å². The zero-order chi connectivity index (χ0) is 17.6. The summed E-state index contributed by atoms with van der Waals surface area (Å²) in [5.74, 6) is 0.599. The standard InChI is InChI=1S/C23H22O2S/c24-21-22(17-11-5-3-6-12-17)19-15-9-1-2-10-16-20(19)23(25-21,26-22)18-13-7-4-8-14-18/h1-8,11-14,19-20H,9-10,15-16H2/b2-1-. The fraction of sp³-hybridized carbons (Fsp3) is 0.348. The summed E-state index contributed by atoms with van der Waals surface area (Å²) < 4.78 is 5.68. The Kier molecular flexibility index (Phi) is 3.75. The Bertz CT molecular complexity index is 847. The minimum Gasteiger partial charge on any atom is -0.442 e. The van der Waals surface area contributed by atoms with Gasteiger partial charge < -0.3 is 4.74 Å². The highest BCUT2D eigenvalue weighted by atomic mass is 32.2. The lowest BCUT2D eigenvalue weighted by Crippen LogP contribution is -2.46. The molecule has 26 heavy (non-hydrogen) atoms. The zero-order valence-electron chi connectivity index (χ0n) is 14.6. The number of carbonyl (C=O) groups is 1. The van der Waals surface area contributed by atoms with E-state index in [0.29, 0.717) is 11.8 Å². The number of allylic oxidation sites excluding steroid dienone is 2. The molecule has 2 heterocycles. The van der Waals surface area contributed by atoms with Gasteiger partial charge in [0, 0.05) is 11.5 Å². The third kappa shape index (κ3) is 2.10. The lowest BCUT2D eigenvalue weighted by atomic mass is 9.68. The summed E-state index contributed by atoms with van der Waals surface area (Å²) in [7, 11) is 0. The molecule has 2 saturated heterocycles. The van der Waals surface area contributed by atoms with Gasteiger partial charge in [0.05, 0.1) is 0 Å². The molecule has 2 fully saturated rings. The van der Waals surface area contributed by atoms with Gasteiger partial charge in [0.25, 0.3) is 0 Å². The van der Waals surface area contributed by atoms with Gasteiger partial charge in [-0.2, -0.15) is 0 Å². The van der Waals surface area contributed by atoms with Crippen LogP contribution in [0.1, 0.15) is 36.8 Å².